The Balaban J connectivity index is 0.00000312. The molecule has 2 rings (SSSR count). The van der Waals surface area contributed by atoms with Crippen LogP contribution in [0.15, 0.2) is 11.3 Å². The van der Waals surface area contributed by atoms with Crippen LogP contribution in [0.5, 0.6) is 0 Å². The standard InChI is InChI=1S/C17H32N6O.HI/c1-4-16-21-20-14-23(16)11-9-19-17(18-5-2)22(3)10-6-15-7-12-24-13-8-15;/h14-15H,4-13H2,1-3H3,(H,18,19);1H. The fourth-order valence-electron chi connectivity index (χ4n) is 2.99. The molecule has 144 valence electrons. The van der Waals surface area contributed by atoms with Crippen LogP contribution >= 0.6 is 24.0 Å². The zero-order valence-corrected chi connectivity index (χ0v) is 18.1. The summed E-state index contributed by atoms with van der Waals surface area (Å²) in [5, 5.41) is 11.5. The number of guanidine groups is 1. The molecule has 8 heteroatoms. The molecule has 0 aromatic carbocycles. The number of aliphatic imine (C=N–C) groups is 1. The maximum atomic E-state index is 5.44. The molecule has 0 amide bonds. The molecule has 0 radical (unpaired) electrons. The highest BCUT2D eigenvalue weighted by Gasteiger charge is 2.15. The Morgan fingerprint density at radius 2 is 2.16 bits per heavy atom. The summed E-state index contributed by atoms with van der Waals surface area (Å²) in [6.07, 6.45) is 6.27. The molecular formula is C17H33IN6O. The van der Waals surface area contributed by atoms with Gasteiger partial charge in [0.05, 0.1) is 6.54 Å². The summed E-state index contributed by atoms with van der Waals surface area (Å²) in [5.74, 6) is 2.78. The smallest absolute Gasteiger partial charge is 0.193 e. The Morgan fingerprint density at radius 1 is 1.40 bits per heavy atom. The number of aryl methyl sites for hydroxylation is 1. The molecule has 1 aromatic heterocycles. The minimum atomic E-state index is 0. The molecule has 2 heterocycles. The fraction of sp³-hybridized carbons (Fsp3) is 0.824. The first-order valence-corrected chi connectivity index (χ1v) is 9.18. The Bertz CT molecular complexity index is 501. The molecule has 1 saturated heterocycles. The molecule has 0 atom stereocenters. The highest BCUT2D eigenvalue weighted by atomic mass is 127. The predicted molar refractivity (Wildman–Crippen MR) is 112 cm³/mol. The molecule has 1 aliphatic heterocycles. The van der Waals surface area contributed by atoms with Crippen molar-refractivity contribution in [2.45, 2.75) is 46.1 Å². The predicted octanol–water partition coefficient (Wildman–Crippen LogP) is 2.17. The van der Waals surface area contributed by atoms with Crippen molar-refractivity contribution in [2.75, 3.05) is 39.9 Å². The van der Waals surface area contributed by atoms with Gasteiger partial charge in [-0.25, -0.2) is 0 Å². The van der Waals surface area contributed by atoms with E-state index in [0.29, 0.717) is 0 Å². The van der Waals surface area contributed by atoms with E-state index in [-0.39, 0.29) is 24.0 Å². The third kappa shape index (κ3) is 7.47. The third-order valence-electron chi connectivity index (χ3n) is 4.52. The number of rotatable bonds is 8. The monoisotopic (exact) mass is 464 g/mol. The van der Waals surface area contributed by atoms with E-state index in [2.05, 4.69) is 45.9 Å². The second-order valence-corrected chi connectivity index (χ2v) is 6.30. The lowest BCUT2D eigenvalue weighted by molar-refractivity contribution is 0.0625. The molecule has 0 bridgehead atoms. The van der Waals surface area contributed by atoms with E-state index in [0.717, 1.165) is 63.5 Å². The van der Waals surface area contributed by atoms with Crippen LogP contribution in [0.2, 0.25) is 0 Å². The number of nitrogens with zero attached hydrogens (tertiary/aromatic N) is 5. The number of nitrogens with one attached hydrogen (secondary N) is 1. The molecule has 1 fully saturated rings. The number of ether oxygens (including phenoxy) is 1. The van der Waals surface area contributed by atoms with E-state index >= 15 is 0 Å². The minimum Gasteiger partial charge on any atom is -0.381 e. The summed E-state index contributed by atoms with van der Waals surface area (Å²) in [5.41, 5.74) is 0. The first-order chi connectivity index (χ1) is 11.7. The molecule has 1 aromatic rings. The Morgan fingerprint density at radius 3 is 2.84 bits per heavy atom. The van der Waals surface area contributed by atoms with Gasteiger partial charge in [-0.15, -0.1) is 34.2 Å². The largest absolute Gasteiger partial charge is 0.381 e. The average Bonchev–Trinajstić information content (AvgIpc) is 3.07. The van der Waals surface area contributed by atoms with Crippen molar-refractivity contribution in [2.24, 2.45) is 10.9 Å². The lowest BCUT2D eigenvalue weighted by Crippen LogP contribution is -2.40. The van der Waals surface area contributed by atoms with E-state index in [1.807, 2.05) is 0 Å². The van der Waals surface area contributed by atoms with Crippen LogP contribution in [0.25, 0.3) is 0 Å². The Kier molecular flexibility index (Phi) is 11.0. The molecule has 0 spiro atoms. The maximum Gasteiger partial charge on any atom is 0.193 e. The topological polar surface area (TPSA) is 67.6 Å². The number of hydrogen-bond donors (Lipinski definition) is 1. The average molecular weight is 464 g/mol. The van der Waals surface area contributed by atoms with Crippen LogP contribution in [0, 0.1) is 5.92 Å². The fourth-order valence-corrected chi connectivity index (χ4v) is 2.99. The van der Waals surface area contributed by atoms with Crippen LogP contribution in [-0.4, -0.2) is 65.5 Å². The zero-order valence-electron chi connectivity index (χ0n) is 15.8. The molecule has 1 N–H and O–H groups in total. The van der Waals surface area contributed by atoms with Gasteiger partial charge in [0.2, 0.25) is 0 Å². The van der Waals surface area contributed by atoms with Crippen LogP contribution in [0.4, 0.5) is 0 Å². The van der Waals surface area contributed by atoms with Crippen molar-refractivity contribution in [3.05, 3.63) is 12.2 Å². The maximum absolute atomic E-state index is 5.44. The summed E-state index contributed by atoms with van der Waals surface area (Å²) in [7, 11) is 2.12. The summed E-state index contributed by atoms with van der Waals surface area (Å²) in [6.45, 7) is 9.50. The van der Waals surface area contributed by atoms with Gasteiger partial charge in [0, 0.05) is 46.3 Å². The summed E-state index contributed by atoms with van der Waals surface area (Å²) in [6, 6.07) is 0. The number of halogens is 1. The van der Waals surface area contributed by atoms with E-state index in [9.17, 15) is 0 Å². The van der Waals surface area contributed by atoms with Gasteiger partial charge in [-0.1, -0.05) is 6.92 Å². The Labute approximate surface area is 168 Å². The van der Waals surface area contributed by atoms with Gasteiger partial charge in [0.15, 0.2) is 5.96 Å². The molecule has 7 nitrogen and oxygen atoms in total. The zero-order chi connectivity index (χ0) is 17.2. The van der Waals surface area contributed by atoms with Gasteiger partial charge < -0.3 is 19.5 Å². The van der Waals surface area contributed by atoms with E-state index in [1.54, 1.807) is 6.33 Å². The van der Waals surface area contributed by atoms with Gasteiger partial charge in [-0.05, 0) is 32.1 Å². The molecule has 25 heavy (non-hydrogen) atoms. The lowest BCUT2D eigenvalue weighted by atomic mass is 9.96. The lowest BCUT2D eigenvalue weighted by Gasteiger charge is -2.26. The first kappa shape index (κ1) is 22.1. The van der Waals surface area contributed by atoms with Gasteiger partial charge in [0.1, 0.15) is 12.2 Å². The Hall–Kier alpha value is -0.900. The van der Waals surface area contributed by atoms with Crippen molar-refractivity contribution in [1.82, 2.24) is 25.0 Å². The van der Waals surface area contributed by atoms with Crippen LogP contribution in [0.1, 0.15) is 38.9 Å². The first-order valence-electron chi connectivity index (χ1n) is 9.18. The van der Waals surface area contributed by atoms with Gasteiger partial charge in [-0.3, -0.25) is 4.99 Å². The van der Waals surface area contributed by atoms with E-state index in [1.165, 1.54) is 19.3 Å². The molecular weight excluding hydrogens is 431 g/mol. The van der Waals surface area contributed by atoms with Crippen molar-refractivity contribution < 1.29 is 4.74 Å². The van der Waals surface area contributed by atoms with Crippen LogP contribution in [0.3, 0.4) is 0 Å². The molecule has 1 aliphatic rings. The molecule has 0 unspecified atom stereocenters. The van der Waals surface area contributed by atoms with Crippen LogP contribution in [-0.2, 0) is 17.7 Å². The quantitative estimate of drug-likeness (QED) is 0.363. The third-order valence-corrected chi connectivity index (χ3v) is 4.52. The second kappa shape index (κ2) is 12.5. The summed E-state index contributed by atoms with van der Waals surface area (Å²) < 4.78 is 7.52. The number of hydrogen-bond acceptors (Lipinski definition) is 4. The van der Waals surface area contributed by atoms with Crippen molar-refractivity contribution in [3.8, 4) is 0 Å². The van der Waals surface area contributed by atoms with Gasteiger partial charge in [-0.2, -0.15) is 0 Å². The SMILES string of the molecule is CCNC(=NCCn1cnnc1CC)N(C)CCC1CCOCC1.I. The molecule has 0 aliphatic carbocycles. The summed E-state index contributed by atoms with van der Waals surface area (Å²) >= 11 is 0. The van der Waals surface area contributed by atoms with Crippen molar-refractivity contribution in [3.63, 3.8) is 0 Å². The van der Waals surface area contributed by atoms with E-state index < -0.39 is 0 Å². The van der Waals surface area contributed by atoms with Gasteiger partial charge in [0.25, 0.3) is 0 Å². The summed E-state index contributed by atoms with van der Waals surface area (Å²) in [4.78, 5) is 7.00. The molecule has 0 saturated carbocycles. The van der Waals surface area contributed by atoms with Gasteiger partial charge >= 0.3 is 0 Å². The van der Waals surface area contributed by atoms with Crippen molar-refractivity contribution in [1.29, 1.82) is 0 Å². The normalized spacial score (nSPS) is 15.7. The highest BCUT2D eigenvalue weighted by Crippen LogP contribution is 2.18. The second-order valence-electron chi connectivity index (χ2n) is 6.30. The number of aromatic nitrogens is 3. The van der Waals surface area contributed by atoms with Crippen molar-refractivity contribution >= 4 is 29.9 Å². The minimum absolute atomic E-state index is 0. The van der Waals surface area contributed by atoms with E-state index in [4.69, 9.17) is 9.73 Å². The highest BCUT2D eigenvalue weighted by molar-refractivity contribution is 14.0. The van der Waals surface area contributed by atoms with Crippen LogP contribution < -0.4 is 5.32 Å².